The van der Waals surface area contributed by atoms with E-state index in [1.165, 1.54) is 0 Å². The monoisotopic (exact) mass is 214 g/mol. The van der Waals surface area contributed by atoms with Crippen molar-refractivity contribution in [3.8, 4) is 0 Å². The Labute approximate surface area is 84.4 Å². The minimum Gasteiger partial charge on any atom is -0.265 e. The summed E-state index contributed by atoms with van der Waals surface area (Å²) in [6.07, 6.45) is 4.43. The van der Waals surface area contributed by atoms with Crippen LogP contribution in [0.5, 0.6) is 0 Å². The van der Waals surface area contributed by atoms with Crippen molar-refractivity contribution in [2.75, 3.05) is 6.26 Å². The molecule has 0 amide bonds. The fourth-order valence-corrected chi connectivity index (χ4v) is 2.34. The topological polar surface area (TPSA) is 59.1 Å². The largest absolute Gasteiger partial charge is 0.265 e. The minimum absolute atomic E-state index is 0.601. The molecule has 1 N–H and O–H groups in total. The summed E-state index contributed by atoms with van der Waals surface area (Å²) in [5, 5.41) is 0. The van der Waals surface area contributed by atoms with Crippen molar-refractivity contribution < 1.29 is 8.42 Å². The molecule has 1 rings (SSSR count). The van der Waals surface area contributed by atoms with E-state index in [9.17, 15) is 8.42 Å². The second kappa shape index (κ2) is 3.67. The molecule has 1 aromatic heterocycles. The van der Waals surface area contributed by atoms with Crippen LogP contribution in [0, 0.1) is 0 Å². The van der Waals surface area contributed by atoms with Crippen LogP contribution in [0.15, 0.2) is 24.5 Å². The van der Waals surface area contributed by atoms with Gasteiger partial charge >= 0.3 is 0 Å². The van der Waals surface area contributed by atoms with Crippen LogP contribution >= 0.6 is 0 Å². The fraction of sp³-hybridized carbons (Fsp3) is 0.444. The Morgan fingerprint density at radius 2 is 1.79 bits per heavy atom. The molecule has 0 radical (unpaired) electrons. The smallest absolute Gasteiger partial charge is 0.209 e. The summed E-state index contributed by atoms with van der Waals surface area (Å²) in [5.74, 6) is 0. The van der Waals surface area contributed by atoms with Gasteiger partial charge < -0.3 is 0 Å². The van der Waals surface area contributed by atoms with Crippen LogP contribution < -0.4 is 4.72 Å². The molecule has 0 aliphatic carbocycles. The second-order valence-electron chi connectivity index (χ2n) is 3.74. The Hall–Kier alpha value is -0.940. The van der Waals surface area contributed by atoms with Crippen molar-refractivity contribution in [1.82, 2.24) is 9.71 Å². The van der Waals surface area contributed by atoms with Gasteiger partial charge in [-0.25, -0.2) is 13.1 Å². The van der Waals surface area contributed by atoms with Gasteiger partial charge in [0.25, 0.3) is 0 Å². The highest BCUT2D eigenvalue weighted by molar-refractivity contribution is 7.88. The average Bonchev–Trinajstić information content (AvgIpc) is 2.01. The van der Waals surface area contributed by atoms with E-state index in [0.29, 0.717) is 0 Å². The van der Waals surface area contributed by atoms with Gasteiger partial charge in [0.1, 0.15) is 0 Å². The van der Waals surface area contributed by atoms with Crippen LogP contribution in [0.25, 0.3) is 0 Å². The van der Waals surface area contributed by atoms with Gasteiger partial charge in [-0.2, -0.15) is 0 Å². The van der Waals surface area contributed by atoms with E-state index in [4.69, 9.17) is 0 Å². The predicted molar refractivity (Wildman–Crippen MR) is 55.2 cm³/mol. The lowest BCUT2D eigenvalue weighted by Crippen LogP contribution is -2.40. The van der Waals surface area contributed by atoms with Crippen LogP contribution in [-0.4, -0.2) is 19.7 Å². The molecule has 14 heavy (non-hydrogen) atoms. The third-order valence-electron chi connectivity index (χ3n) is 1.84. The first-order valence-corrected chi connectivity index (χ1v) is 6.10. The van der Waals surface area contributed by atoms with E-state index < -0.39 is 15.6 Å². The highest BCUT2D eigenvalue weighted by Gasteiger charge is 2.23. The van der Waals surface area contributed by atoms with Crippen molar-refractivity contribution in [2.24, 2.45) is 0 Å². The molecule has 0 saturated carbocycles. The molecule has 78 valence electrons. The molecule has 0 aromatic carbocycles. The predicted octanol–water partition coefficient (Wildman–Crippen LogP) is 0.866. The first-order valence-electron chi connectivity index (χ1n) is 4.21. The molecule has 0 unspecified atom stereocenters. The maximum atomic E-state index is 11.1. The maximum Gasteiger partial charge on any atom is 0.209 e. The van der Waals surface area contributed by atoms with Crippen LogP contribution in [-0.2, 0) is 15.6 Å². The number of nitrogens with one attached hydrogen (secondary N) is 1. The van der Waals surface area contributed by atoms with Gasteiger partial charge in [-0.1, -0.05) is 0 Å². The van der Waals surface area contributed by atoms with Crippen LogP contribution in [0.2, 0.25) is 0 Å². The van der Waals surface area contributed by atoms with E-state index in [1.54, 1.807) is 24.5 Å². The lowest BCUT2D eigenvalue weighted by Gasteiger charge is -2.25. The third kappa shape index (κ3) is 3.08. The summed E-state index contributed by atoms with van der Waals surface area (Å²) < 4.78 is 24.7. The van der Waals surface area contributed by atoms with Crippen LogP contribution in [0.4, 0.5) is 0 Å². The van der Waals surface area contributed by atoms with Crippen molar-refractivity contribution in [1.29, 1.82) is 0 Å². The number of pyridine rings is 1. The summed E-state index contributed by atoms with van der Waals surface area (Å²) in [5.41, 5.74) is 0.286. The van der Waals surface area contributed by atoms with Gasteiger partial charge in [-0.15, -0.1) is 0 Å². The second-order valence-corrected chi connectivity index (χ2v) is 5.48. The Kier molecular flexibility index (Phi) is 2.92. The van der Waals surface area contributed by atoms with E-state index in [0.717, 1.165) is 11.8 Å². The lowest BCUT2D eigenvalue weighted by molar-refractivity contribution is 0.474. The standard InChI is InChI=1S/C9H14N2O2S/c1-9(2,11-14(3,12)13)8-4-6-10-7-5-8/h4-7,11H,1-3H3. The zero-order valence-electron chi connectivity index (χ0n) is 8.48. The number of sulfonamides is 1. The SMILES string of the molecule is CC(C)(NS(C)(=O)=O)c1ccncc1. The maximum absolute atomic E-state index is 11.1. The normalized spacial score (nSPS) is 12.8. The summed E-state index contributed by atoms with van der Waals surface area (Å²) in [6.45, 7) is 3.62. The molecule has 0 atom stereocenters. The number of hydrogen-bond acceptors (Lipinski definition) is 3. The average molecular weight is 214 g/mol. The van der Waals surface area contributed by atoms with Crippen molar-refractivity contribution >= 4 is 10.0 Å². The molecule has 0 aliphatic rings. The fourth-order valence-electron chi connectivity index (χ4n) is 1.29. The van der Waals surface area contributed by atoms with Crippen molar-refractivity contribution in [2.45, 2.75) is 19.4 Å². The lowest BCUT2D eigenvalue weighted by atomic mass is 9.97. The summed E-state index contributed by atoms with van der Waals surface area (Å²) in [6, 6.07) is 3.58. The Morgan fingerprint density at radius 3 is 2.21 bits per heavy atom. The van der Waals surface area contributed by atoms with Crippen molar-refractivity contribution in [3.63, 3.8) is 0 Å². The van der Waals surface area contributed by atoms with E-state index in [1.807, 2.05) is 13.8 Å². The molecule has 4 nitrogen and oxygen atoms in total. The van der Waals surface area contributed by atoms with E-state index in [-0.39, 0.29) is 0 Å². The van der Waals surface area contributed by atoms with Gasteiger partial charge in [0, 0.05) is 12.4 Å². The van der Waals surface area contributed by atoms with Crippen LogP contribution in [0.3, 0.4) is 0 Å². The quantitative estimate of drug-likeness (QED) is 0.812. The molecule has 0 saturated heterocycles. The Bertz CT molecular complexity index is 398. The molecular weight excluding hydrogens is 200 g/mol. The molecule has 0 fully saturated rings. The molecule has 1 heterocycles. The third-order valence-corrected chi connectivity index (χ3v) is 2.72. The highest BCUT2D eigenvalue weighted by Crippen LogP contribution is 2.19. The Morgan fingerprint density at radius 1 is 1.29 bits per heavy atom. The minimum atomic E-state index is -3.20. The van der Waals surface area contributed by atoms with Gasteiger partial charge in [-0.3, -0.25) is 4.98 Å². The number of hydrogen-bond donors (Lipinski definition) is 1. The Balaban J connectivity index is 2.97. The van der Waals surface area contributed by atoms with Gasteiger partial charge in [0.15, 0.2) is 0 Å². The molecular formula is C9H14N2O2S. The number of rotatable bonds is 3. The van der Waals surface area contributed by atoms with Gasteiger partial charge in [-0.05, 0) is 31.5 Å². The summed E-state index contributed by atoms with van der Waals surface area (Å²) in [7, 11) is -3.20. The molecule has 0 aliphatic heterocycles. The molecule has 1 aromatic rings. The first-order chi connectivity index (χ1) is 6.31. The van der Waals surface area contributed by atoms with Gasteiger partial charge in [0.2, 0.25) is 10.0 Å². The van der Waals surface area contributed by atoms with Crippen LogP contribution in [0.1, 0.15) is 19.4 Å². The zero-order chi connectivity index (χ0) is 10.8. The van der Waals surface area contributed by atoms with E-state index in [2.05, 4.69) is 9.71 Å². The highest BCUT2D eigenvalue weighted by atomic mass is 32.2. The van der Waals surface area contributed by atoms with Crippen molar-refractivity contribution in [3.05, 3.63) is 30.1 Å². The summed E-state index contributed by atoms with van der Waals surface area (Å²) >= 11 is 0. The molecule has 0 bridgehead atoms. The first kappa shape index (κ1) is 11.1. The number of nitrogens with zero attached hydrogens (tertiary/aromatic N) is 1. The number of aromatic nitrogens is 1. The van der Waals surface area contributed by atoms with E-state index >= 15 is 0 Å². The van der Waals surface area contributed by atoms with Gasteiger partial charge in [0.05, 0.1) is 11.8 Å². The zero-order valence-corrected chi connectivity index (χ0v) is 9.30. The molecule has 5 heteroatoms. The molecule has 0 spiro atoms. The summed E-state index contributed by atoms with van der Waals surface area (Å²) in [4.78, 5) is 3.88.